The maximum atomic E-state index is 12.9. The van der Waals surface area contributed by atoms with Gasteiger partial charge in [0.2, 0.25) is 0 Å². The number of carboxylic acids is 1. The molecule has 0 saturated carbocycles. The van der Waals surface area contributed by atoms with E-state index >= 15 is 0 Å². The number of alkyl halides is 3. The first-order chi connectivity index (χ1) is 16.0. The first-order valence-corrected chi connectivity index (χ1v) is 10.0. The lowest BCUT2D eigenvalue weighted by molar-refractivity contribution is -0.138. The Morgan fingerprint density at radius 2 is 1.88 bits per heavy atom. The van der Waals surface area contributed by atoms with Crippen molar-refractivity contribution < 1.29 is 27.9 Å². The molecule has 0 unspecified atom stereocenters. The Labute approximate surface area is 191 Å². The van der Waals surface area contributed by atoms with Gasteiger partial charge in [-0.3, -0.25) is 14.7 Å². The number of hydrogen-bond donors (Lipinski definition) is 2. The molecule has 11 heteroatoms. The molecule has 0 aliphatic rings. The minimum absolute atomic E-state index is 0.151. The molecule has 8 nitrogen and oxygen atoms in total. The Kier molecular flexibility index (Phi) is 5.78. The molecule has 4 rings (SSSR count). The van der Waals surface area contributed by atoms with Gasteiger partial charge in [-0.05, 0) is 55.0 Å². The van der Waals surface area contributed by atoms with E-state index in [2.05, 4.69) is 20.2 Å². The number of benzene rings is 2. The van der Waals surface area contributed by atoms with Crippen LogP contribution in [0.1, 0.15) is 27.3 Å². The molecule has 0 aliphatic heterocycles. The number of halogens is 3. The number of rotatable bonds is 5. The Morgan fingerprint density at radius 3 is 2.56 bits per heavy atom. The van der Waals surface area contributed by atoms with E-state index in [0.29, 0.717) is 22.6 Å². The highest BCUT2D eigenvalue weighted by Crippen LogP contribution is 2.32. The van der Waals surface area contributed by atoms with Gasteiger partial charge in [0.15, 0.2) is 5.82 Å². The third-order valence-electron chi connectivity index (χ3n) is 5.22. The zero-order valence-corrected chi connectivity index (χ0v) is 18.0. The molecule has 0 bridgehead atoms. The number of aliphatic carboxylic acids is 1. The molecule has 2 heterocycles. The lowest BCUT2D eigenvalue weighted by Crippen LogP contribution is -2.27. The van der Waals surface area contributed by atoms with Crippen molar-refractivity contribution in [3.63, 3.8) is 0 Å². The predicted molar refractivity (Wildman–Crippen MR) is 117 cm³/mol. The normalized spacial score (nSPS) is 11.6. The summed E-state index contributed by atoms with van der Waals surface area (Å²) in [6.45, 7) is 1.79. The molecule has 0 atom stereocenters. The number of carbonyl (C=O) groups excluding carboxylic acids is 1. The van der Waals surface area contributed by atoms with Crippen LogP contribution in [0.2, 0.25) is 0 Å². The van der Waals surface area contributed by atoms with Gasteiger partial charge in [0, 0.05) is 29.9 Å². The number of aromatic nitrogens is 4. The predicted octanol–water partition coefficient (Wildman–Crippen LogP) is 4.25. The van der Waals surface area contributed by atoms with Gasteiger partial charge in [-0.15, -0.1) is 0 Å². The lowest BCUT2D eigenvalue weighted by atomic mass is 10.1. The first-order valence-electron chi connectivity index (χ1n) is 10.0. The van der Waals surface area contributed by atoms with Crippen LogP contribution in [0.5, 0.6) is 0 Å². The molecule has 0 radical (unpaired) electrons. The van der Waals surface area contributed by atoms with Crippen molar-refractivity contribution in [2.24, 2.45) is 0 Å². The Bertz CT molecular complexity index is 1410. The summed E-state index contributed by atoms with van der Waals surface area (Å²) in [7, 11) is 1.58. The van der Waals surface area contributed by atoms with E-state index in [1.165, 1.54) is 23.2 Å². The van der Waals surface area contributed by atoms with Crippen LogP contribution in [0.15, 0.2) is 48.7 Å². The monoisotopic (exact) mass is 469 g/mol. The van der Waals surface area contributed by atoms with Gasteiger partial charge in [-0.1, -0.05) is 0 Å². The molecule has 2 aromatic heterocycles. The lowest BCUT2D eigenvalue weighted by Gasteiger charge is -2.19. The minimum atomic E-state index is -4.45. The smallest absolute Gasteiger partial charge is 0.416 e. The second-order valence-electron chi connectivity index (χ2n) is 7.67. The van der Waals surface area contributed by atoms with Gasteiger partial charge in [-0.2, -0.15) is 18.3 Å². The molecular weight excluding hydrogens is 451 g/mol. The van der Waals surface area contributed by atoms with Crippen LogP contribution >= 0.6 is 0 Å². The van der Waals surface area contributed by atoms with Crippen LogP contribution in [0.4, 0.5) is 18.9 Å². The number of H-pyrrole nitrogens is 1. The van der Waals surface area contributed by atoms with Crippen LogP contribution in [0.25, 0.3) is 22.3 Å². The second-order valence-corrected chi connectivity index (χ2v) is 7.67. The summed E-state index contributed by atoms with van der Waals surface area (Å²) < 4.78 is 38.8. The van der Waals surface area contributed by atoms with Crippen molar-refractivity contribution in [1.29, 1.82) is 0 Å². The zero-order valence-electron chi connectivity index (χ0n) is 18.0. The van der Waals surface area contributed by atoms with E-state index in [0.717, 1.165) is 17.7 Å². The third kappa shape index (κ3) is 4.58. The number of fused-ring (bicyclic) bond motifs is 1. The molecular formula is C23H18F3N5O3. The van der Waals surface area contributed by atoms with E-state index in [1.54, 1.807) is 32.2 Å². The summed E-state index contributed by atoms with van der Waals surface area (Å²) in [6.07, 6.45) is -3.40. The topological polar surface area (TPSA) is 112 Å². The summed E-state index contributed by atoms with van der Waals surface area (Å²) in [5, 5.41) is 15.5. The summed E-state index contributed by atoms with van der Waals surface area (Å²) in [4.78, 5) is 33.6. The highest BCUT2D eigenvalue weighted by atomic mass is 19.4. The van der Waals surface area contributed by atoms with Gasteiger partial charge in [0.1, 0.15) is 5.69 Å². The van der Waals surface area contributed by atoms with E-state index in [9.17, 15) is 22.8 Å². The Hall–Kier alpha value is -4.28. The molecule has 0 fully saturated rings. The number of hydrogen-bond acceptors (Lipinski definition) is 5. The largest absolute Gasteiger partial charge is 0.481 e. The van der Waals surface area contributed by atoms with E-state index in [4.69, 9.17) is 5.11 Å². The fourth-order valence-corrected chi connectivity index (χ4v) is 3.53. The molecule has 174 valence electrons. The molecule has 2 N–H and O–H groups in total. The van der Waals surface area contributed by atoms with Crippen LogP contribution in [0, 0.1) is 6.92 Å². The van der Waals surface area contributed by atoms with Crippen LogP contribution < -0.4 is 4.90 Å². The second kappa shape index (κ2) is 8.58. The Balaban J connectivity index is 1.59. The number of carbonyl (C=O) groups is 2. The average molecular weight is 469 g/mol. The van der Waals surface area contributed by atoms with Gasteiger partial charge in [-0.25, -0.2) is 9.97 Å². The van der Waals surface area contributed by atoms with Crippen LogP contribution in [-0.2, 0) is 17.4 Å². The minimum Gasteiger partial charge on any atom is -0.481 e. The summed E-state index contributed by atoms with van der Waals surface area (Å²) in [5.74, 6) is -1.12. The van der Waals surface area contributed by atoms with Crippen LogP contribution in [-0.4, -0.2) is 44.2 Å². The van der Waals surface area contributed by atoms with Crippen molar-refractivity contribution in [2.75, 3.05) is 11.9 Å². The summed E-state index contributed by atoms with van der Waals surface area (Å²) in [6, 6.07) is 9.87. The number of nitrogens with zero attached hydrogens (tertiary/aromatic N) is 4. The first kappa shape index (κ1) is 22.9. The molecule has 0 saturated heterocycles. The zero-order chi connectivity index (χ0) is 24.6. The SMILES string of the molecule is Cc1cc(-c2ncc3cc(C(F)(F)F)ccc3n2)ccc1N(C)C(=O)c1cc(CC(=O)O)n[nH]1. The van der Waals surface area contributed by atoms with E-state index < -0.39 is 23.6 Å². The molecule has 34 heavy (non-hydrogen) atoms. The average Bonchev–Trinajstić information content (AvgIpc) is 3.24. The van der Waals surface area contributed by atoms with Gasteiger partial charge >= 0.3 is 12.1 Å². The van der Waals surface area contributed by atoms with Gasteiger partial charge in [0.25, 0.3) is 5.91 Å². The van der Waals surface area contributed by atoms with Crippen molar-refractivity contribution in [1.82, 2.24) is 20.2 Å². The van der Waals surface area contributed by atoms with Crippen molar-refractivity contribution in [3.8, 4) is 11.4 Å². The molecule has 0 aliphatic carbocycles. The number of anilines is 1. The van der Waals surface area contributed by atoms with Crippen molar-refractivity contribution in [3.05, 3.63) is 71.2 Å². The van der Waals surface area contributed by atoms with Crippen molar-refractivity contribution in [2.45, 2.75) is 19.5 Å². The molecule has 1 amide bonds. The number of aromatic amines is 1. The number of carboxylic acid groups (broad SMARTS) is 1. The molecule has 4 aromatic rings. The summed E-state index contributed by atoms with van der Waals surface area (Å²) >= 11 is 0. The molecule has 2 aromatic carbocycles. The third-order valence-corrected chi connectivity index (χ3v) is 5.22. The fraction of sp³-hybridized carbons (Fsp3) is 0.174. The van der Waals surface area contributed by atoms with E-state index in [-0.39, 0.29) is 23.2 Å². The van der Waals surface area contributed by atoms with Gasteiger partial charge < -0.3 is 10.0 Å². The highest BCUT2D eigenvalue weighted by molar-refractivity contribution is 6.05. The van der Waals surface area contributed by atoms with Crippen molar-refractivity contribution >= 4 is 28.5 Å². The maximum Gasteiger partial charge on any atom is 0.416 e. The quantitative estimate of drug-likeness (QED) is 0.452. The van der Waals surface area contributed by atoms with Gasteiger partial charge in [0.05, 0.1) is 23.2 Å². The number of nitrogens with one attached hydrogen (secondary N) is 1. The number of amides is 1. The fourth-order valence-electron chi connectivity index (χ4n) is 3.53. The molecule has 0 spiro atoms. The van der Waals surface area contributed by atoms with Crippen LogP contribution in [0.3, 0.4) is 0 Å². The Morgan fingerprint density at radius 1 is 1.12 bits per heavy atom. The highest BCUT2D eigenvalue weighted by Gasteiger charge is 2.30. The standard InChI is InChI=1S/C23H18F3N5O3/c1-12-7-13(21-27-11-14-8-15(23(24,25)26)4-5-17(14)28-21)3-6-19(12)31(2)22(34)18-9-16(29-30-18)10-20(32)33/h3-9,11H,10H2,1-2H3,(H,29,30)(H,32,33). The summed E-state index contributed by atoms with van der Waals surface area (Å²) in [5.41, 5.74) is 1.97. The number of aryl methyl sites for hydroxylation is 1. The maximum absolute atomic E-state index is 12.9. The van der Waals surface area contributed by atoms with E-state index in [1.807, 2.05) is 0 Å².